The molecule has 1 aromatic heterocycles. The van der Waals surface area contributed by atoms with Crippen LogP contribution in [0, 0.1) is 0 Å². The van der Waals surface area contributed by atoms with E-state index < -0.39 is 20.2 Å². The van der Waals surface area contributed by atoms with Crippen molar-refractivity contribution in [2.24, 2.45) is 0 Å². The Balaban J connectivity index is 1.38. The average molecular weight is 733 g/mol. The molecule has 0 amide bonds. The molecule has 9 heteroatoms. The molecule has 0 bridgehead atoms. The van der Waals surface area contributed by atoms with E-state index in [-0.39, 0.29) is 21.3 Å². The van der Waals surface area contributed by atoms with Gasteiger partial charge in [-0.2, -0.15) is 16.8 Å². The van der Waals surface area contributed by atoms with Crippen molar-refractivity contribution in [3.8, 4) is 11.5 Å². The molecule has 0 saturated carbocycles. The summed E-state index contributed by atoms with van der Waals surface area (Å²) >= 11 is 1.10. The van der Waals surface area contributed by atoms with Crippen LogP contribution < -0.4 is 8.37 Å². The first-order valence-electron chi connectivity index (χ1n) is 18.9. The van der Waals surface area contributed by atoms with Gasteiger partial charge in [-0.3, -0.25) is 0 Å². The van der Waals surface area contributed by atoms with Gasteiger partial charge < -0.3 is 8.37 Å². The third-order valence-electron chi connectivity index (χ3n) is 9.05. The predicted octanol–water partition coefficient (Wildman–Crippen LogP) is 12.2. The fraction of sp³-hybridized carbons (Fsp3) is 0.600. The van der Waals surface area contributed by atoms with Crippen LogP contribution in [0.25, 0.3) is 0 Å². The van der Waals surface area contributed by atoms with E-state index in [1.807, 2.05) is 12.1 Å². The number of hydrogen-bond acceptors (Lipinski definition) is 7. The minimum atomic E-state index is -4.18. The van der Waals surface area contributed by atoms with Gasteiger partial charge in [0.2, 0.25) is 0 Å². The van der Waals surface area contributed by atoms with E-state index in [0.29, 0.717) is 0 Å². The van der Waals surface area contributed by atoms with Gasteiger partial charge >= 0.3 is 20.2 Å². The molecule has 2 aromatic carbocycles. The molecule has 0 unspecified atom stereocenters. The van der Waals surface area contributed by atoms with E-state index in [9.17, 15) is 16.8 Å². The molecule has 0 spiro atoms. The van der Waals surface area contributed by atoms with Gasteiger partial charge in [-0.25, -0.2) is 0 Å². The summed E-state index contributed by atoms with van der Waals surface area (Å²) in [5.74, 6) is -0.307. The number of thiophene rings is 1. The molecule has 6 nitrogen and oxygen atoms in total. The van der Waals surface area contributed by atoms with Crippen LogP contribution in [0.4, 0.5) is 0 Å². The Morgan fingerprint density at radius 1 is 0.429 bits per heavy atom. The van der Waals surface area contributed by atoms with Gasteiger partial charge in [-0.15, -0.1) is 11.3 Å². The molecule has 274 valence electrons. The molecular formula is C40H60O6S3. The van der Waals surface area contributed by atoms with Crippen molar-refractivity contribution in [1.82, 2.24) is 0 Å². The van der Waals surface area contributed by atoms with Gasteiger partial charge in [0.1, 0.15) is 9.79 Å². The first-order valence-corrected chi connectivity index (χ1v) is 22.6. The SMILES string of the molecule is CCCCCCCCCCCCCCCCc1ccc(S(=O)(=O)Oc2cscc2OS(=O)(=O)c2ccc(CCCCCCCC)cc2)cc1. The Morgan fingerprint density at radius 2 is 0.714 bits per heavy atom. The quantitative estimate of drug-likeness (QED) is 0.0545. The third kappa shape index (κ3) is 16.0. The van der Waals surface area contributed by atoms with E-state index in [4.69, 9.17) is 8.37 Å². The zero-order valence-electron chi connectivity index (χ0n) is 30.0. The number of aryl methyl sites for hydroxylation is 2. The summed E-state index contributed by atoms with van der Waals surface area (Å²) in [7, 11) is -8.36. The molecule has 0 fully saturated rings. The molecule has 0 saturated heterocycles. The van der Waals surface area contributed by atoms with Gasteiger partial charge in [0.15, 0.2) is 11.5 Å². The maximum atomic E-state index is 13.1. The maximum absolute atomic E-state index is 13.1. The summed E-state index contributed by atoms with van der Waals surface area (Å²) in [6.07, 6.45) is 27.4. The summed E-state index contributed by atoms with van der Waals surface area (Å²) in [5, 5.41) is 2.85. The van der Waals surface area contributed by atoms with Crippen LogP contribution in [0.1, 0.15) is 153 Å². The topological polar surface area (TPSA) is 86.7 Å². The monoisotopic (exact) mass is 732 g/mol. The molecule has 49 heavy (non-hydrogen) atoms. The Morgan fingerprint density at radius 3 is 1.02 bits per heavy atom. The van der Waals surface area contributed by atoms with Crippen LogP contribution in [0.3, 0.4) is 0 Å². The fourth-order valence-corrected chi connectivity index (χ4v) is 8.64. The zero-order valence-corrected chi connectivity index (χ0v) is 32.5. The van der Waals surface area contributed by atoms with Crippen molar-refractivity contribution in [3.05, 3.63) is 70.4 Å². The van der Waals surface area contributed by atoms with Crippen molar-refractivity contribution in [2.75, 3.05) is 0 Å². The molecule has 3 aromatic rings. The average Bonchev–Trinajstić information content (AvgIpc) is 3.51. The first-order chi connectivity index (χ1) is 23.7. The van der Waals surface area contributed by atoms with Crippen LogP contribution in [-0.2, 0) is 33.1 Å². The molecule has 0 atom stereocenters. The van der Waals surface area contributed by atoms with Crippen LogP contribution >= 0.6 is 11.3 Å². The predicted molar refractivity (Wildman–Crippen MR) is 204 cm³/mol. The van der Waals surface area contributed by atoms with Crippen LogP contribution in [0.2, 0.25) is 0 Å². The summed E-state index contributed by atoms with van der Waals surface area (Å²) < 4.78 is 62.9. The lowest BCUT2D eigenvalue weighted by Crippen LogP contribution is -2.13. The summed E-state index contributed by atoms with van der Waals surface area (Å²) in [6.45, 7) is 4.47. The number of rotatable bonds is 28. The maximum Gasteiger partial charge on any atom is 0.339 e. The molecule has 1 heterocycles. The highest BCUT2D eigenvalue weighted by atomic mass is 32.2. The molecule has 0 aliphatic heterocycles. The third-order valence-corrected chi connectivity index (χ3v) is 12.3. The van der Waals surface area contributed by atoms with E-state index in [2.05, 4.69) is 13.8 Å². The second-order valence-corrected chi connectivity index (χ2v) is 17.2. The van der Waals surface area contributed by atoms with Crippen LogP contribution in [0.15, 0.2) is 69.1 Å². The van der Waals surface area contributed by atoms with Gasteiger partial charge in [0, 0.05) is 10.8 Å². The summed E-state index contributed by atoms with van der Waals surface area (Å²) in [6, 6.07) is 13.4. The second-order valence-electron chi connectivity index (χ2n) is 13.3. The van der Waals surface area contributed by atoms with E-state index in [1.165, 1.54) is 132 Å². The Labute approximate surface area is 302 Å². The normalized spacial score (nSPS) is 12.0. The lowest BCUT2D eigenvalue weighted by atomic mass is 10.0. The lowest BCUT2D eigenvalue weighted by Gasteiger charge is -2.10. The Kier molecular flexibility index (Phi) is 19.4. The molecule has 0 radical (unpaired) electrons. The Hall–Kier alpha value is -2.36. The van der Waals surface area contributed by atoms with Crippen LogP contribution in [-0.4, -0.2) is 16.8 Å². The Bertz CT molecular complexity index is 1510. The number of unbranched alkanes of at least 4 members (excludes halogenated alkanes) is 18. The van der Waals surface area contributed by atoms with Crippen molar-refractivity contribution >= 4 is 31.6 Å². The fourth-order valence-electron chi connectivity index (χ4n) is 6.01. The molecule has 0 aliphatic rings. The number of benzene rings is 2. The largest absolute Gasteiger partial charge is 0.374 e. The highest BCUT2D eigenvalue weighted by Crippen LogP contribution is 2.36. The van der Waals surface area contributed by atoms with E-state index in [1.54, 1.807) is 24.3 Å². The summed E-state index contributed by atoms with van der Waals surface area (Å²) in [5.41, 5.74) is 2.16. The van der Waals surface area contributed by atoms with E-state index >= 15 is 0 Å². The minimum Gasteiger partial charge on any atom is -0.374 e. The highest BCUT2D eigenvalue weighted by Gasteiger charge is 2.24. The lowest BCUT2D eigenvalue weighted by molar-refractivity contribution is 0.451. The van der Waals surface area contributed by atoms with Crippen molar-refractivity contribution in [1.29, 1.82) is 0 Å². The second kappa shape index (κ2) is 23.2. The highest BCUT2D eigenvalue weighted by molar-refractivity contribution is 7.87. The van der Waals surface area contributed by atoms with Gasteiger partial charge in [-0.1, -0.05) is 154 Å². The standard InChI is InChI=1S/C40H60O6S3/c1-3-5-7-9-11-12-13-14-15-16-17-18-20-22-24-36-27-31-38(32-28-36)49(43,44)46-40-34-47-33-39(40)45-48(41,42)37-29-25-35(26-30-37)23-21-19-10-8-6-4-2/h25-34H,3-24H2,1-2H3. The first kappa shape index (κ1) is 41.1. The molecular weight excluding hydrogens is 673 g/mol. The van der Waals surface area contributed by atoms with E-state index in [0.717, 1.165) is 54.6 Å². The van der Waals surface area contributed by atoms with Crippen LogP contribution in [0.5, 0.6) is 11.5 Å². The zero-order chi connectivity index (χ0) is 35.2. The van der Waals surface area contributed by atoms with Crippen molar-refractivity contribution in [3.63, 3.8) is 0 Å². The van der Waals surface area contributed by atoms with Crippen molar-refractivity contribution in [2.45, 2.75) is 165 Å². The van der Waals surface area contributed by atoms with Gasteiger partial charge in [0.25, 0.3) is 0 Å². The van der Waals surface area contributed by atoms with Gasteiger partial charge in [0.05, 0.1) is 0 Å². The minimum absolute atomic E-state index is 0.00796. The molecule has 3 rings (SSSR count). The molecule has 0 aliphatic carbocycles. The van der Waals surface area contributed by atoms with Gasteiger partial charge in [-0.05, 0) is 61.1 Å². The molecule has 0 N–H and O–H groups in total. The smallest absolute Gasteiger partial charge is 0.339 e. The number of hydrogen-bond donors (Lipinski definition) is 0. The summed E-state index contributed by atoms with van der Waals surface area (Å²) in [4.78, 5) is 0.0202. The van der Waals surface area contributed by atoms with Crippen molar-refractivity contribution < 1.29 is 25.2 Å².